The molecule has 3 rings (SSSR count). The van der Waals surface area contributed by atoms with Crippen molar-refractivity contribution in [3.8, 4) is 0 Å². The first-order valence-corrected chi connectivity index (χ1v) is 7.10. The smallest absolute Gasteiger partial charge is 0.226 e. The molecule has 0 bridgehead atoms. The Hall–Kier alpha value is -1.50. The lowest BCUT2D eigenvalue weighted by Gasteiger charge is -2.13. The second-order valence-corrected chi connectivity index (χ2v) is 5.95. The van der Waals surface area contributed by atoms with Crippen molar-refractivity contribution in [1.29, 1.82) is 0 Å². The highest BCUT2D eigenvalue weighted by molar-refractivity contribution is 8.00. The zero-order valence-corrected chi connectivity index (χ0v) is 11.3. The quantitative estimate of drug-likeness (QED) is 0.865. The van der Waals surface area contributed by atoms with Crippen molar-refractivity contribution in [2.75, 3.05) is 23.9 Å². The van der Waals surface area contributed by atoms with Gasteiger partial charge in [-0.25, -0.2) is 0 Å². The molecule has 1 saturated carbocycles. The van der Waals surface area contributed by atoms with E-state index < -0.39 is 0 Å². The highest BCUT2D eigenvalue weighted by atomic mass is 32.2. The van der Waals surface area contributed by atoms with Crippen LogP contribution in [0.15, 0.2) is 6.20 Å². The maximum Gasteiger partial charge on any atom is 0.226 e. The molecule has 6 nitrogen and oxygen atoms in total. The normalized spacial score (nSPS) is 17.0. The minimum atomic E-state index is 0.375. The first-order valence-electron chi connectivity index (χ1n) is 5.88. The lowest BCUT2D eigenvalue weighted by atomic mass is 10.4. The van der Waals surface area contributed by atoms with Crippen molar-refractivity contribution >= 4 is 34.6 Å². The number of hydrogen-bond donors (Lipinski definition) is 2. The van der Waals surface area contributed by atoms with Crippen LogP contribution in [0.25, 0.3) is 11.0 Å². The van der Waals surface area contributed by atoms with E-state index in [-0.39, 0.29) is 0 Å². The molecule has 0 unspecified atom stereocenters. The number of hydrogen-bond acceptors (Lipinski definition) is 6. The second-order valence-electron chi connectivity index (χ2n) is 4.68. The average molecular weight is 264 g/mol. The fraction of sp³-hybridized carbons (Fsp3) is 0.545. The van der Waals surface area contributed by atoms with Gasteiger partial charge in [-0.3, -0.25) is 4.68 Å². The first-order chi connectivity index (χ1) is 8.63. The van der Waals surface area contributed by atoms with Crippen LogP contribution in [0.3, 0.4) is 0 Å². The molecule has 3 N–H and O–H groups in total. The standard InChI is InChI=1S/C11H16N6S/c1-17-9-7(5-14-17)8(12)15-10(16-9)13-6-11(18-2)3-4-11/h5H,3-4,6H2,1-2H3,(H3,12,13,15,16). The van der Waals surface area contributed by atoms with Crippen LogP contribution < -0.4 is 11.1 Å². The highest BCUT2D eigenvalue weighted by Crippen LogP contribution is 2.46. The summed E-state index contributed by atoms with van der Waals surface area (Å²) in [7, 11) is 1.85. The summed E-state index contributed by atoms with van der Waals surface area (Å²) in [6.45, 7) is 0.886. The molecule has 0 spiro atoms. The predicted molar refractivity (Wildman–Crippen MR) is 74.7 cm³/mol. The number of nitrogen functional groups attached to an aromatic ring is 1. The minimum absolute atomic E-state index is 0.375. The van der Waals surface area contributed by atoms with E-state index in [1.807, 2.05) is 18.8 Å². The van der Waals surface area contributed by atoms with Gasteiger partial charge in [0.2, 0.25) is 5.95 Å². The molecule has 0 atom stereocenters. The molecule has 7 heteroatoms. The van der Waals surface area contributed by atoms with E-state index in [1.54, 1.807) is 10.9 Å². The summed E-state index contributed by atoms with van der Waals surface area (Å²) < 4.78 is 2.08. The molecule has 2 aromatic rings. The summed E-state index contributed by atoms with van der Waals surface area (Å²) in [4.78, 5) is 8.72. The molecule has 2 aromatic heterocycles. The zero-order valence-electron chi connectivity index (χ0n) is 10.5. The first kappa shape index (κ1) is 11.6. The van der Waals surface area contributed by atoms with Crippen LogP contribution in [0.1, 0.15) is 12.8 Å². The van der Waals surface area contributed by atoms with Crippen molar-refractivity contribution in [3.63, 3.8) is 0 Å². The van der Waals surface area contributed by atoms with E-state index in [1.165, 1.54) is 12.8 Å². The molecular formula is C11H16N6S. The van der Waals surface area contributed by atoms with Crippen molar-refractivity contribution in [3.05, 3.63) is 6.20 Å². The molecule has 18 heavy (non-hydrogen) atoms. The van der Waals surface area contributed by atoms with Gasteiger partial charge in [0, 0.05) is 18.3 Å². The maximum absolute atomic E-state index is 5.91. The van der Waals surface area contributed by atoms with Gasteiger partial charge in [-0.1, -0.05) is 0 Å². The molecular weight excluding hydrogens is 248 g/mol. The fourth-order valence-electron chi connectivity index (χ4n) is 1.96. The van der Waals surface area contributed by atoms with Gasteiger partial charge in [0.25, 0.3) is 0 Å². The molecule has 0 amide bonds. The number of fused-ring (bicyclic) bond motifs is 1. The number of aryl methyl sites for hydroxylation is 1. The highest BCUT2D eigenvalue weighted by Gasteiger charge is 2.41. The van der Waals surface area contributed by atoms with Crippen LogP contribution in [0.5, 0.6) is 0 Å². The third-order valence-corrected chi connectivity index (χ3v) is 4.85. The van der Waals surface area contributed by atoms with Crippen LogP contribution in [-0.2, 0) is 7.05 Å². The van der Waals surface area contributed by atoms with Gasteiger partial charge < -0.3 is 11.1 Å². The Bertz CT molecular complexity index is 588. The molecule has 96 valence electrons. The molecule has 1 aliphatic rings. The van der Waals surface area contributed by atoms with Gasteiger partial charge in [0.05, 0.1) is 11.6 Å². The summed E-state index contributed by atoms with van der Waals surface area (Å²) in [6.07, 6.45) is 6.35. The number of anilines is 2. The Kier molecular flexibility index (Phi) is 2.58. The third-order valence-electron chi connectivity index (χ3n) is 3.43. The van der Waals surface area contributed by atoms with Crippen LogP contribution in [0.2, 0.25) is 0 Å². The van der Waals surface area contributed by atoms with Gasteiger partial charge in [0.1, 0.15) is 5.82 Å². The van der Waals surface area contributed by atoms with Gasteiger partial charge in [-0.15, -0.1) is 0 Å². The lowest BCUT2D eigenvalue weighted by molar-refractivity contribution is 0.785. The SMILES string of the molecule is CSC1(CNc2nc(N)c3cnn(C)c3n2)CC1. The molecule has 0 aliphatic heterocycles. The number of nitrogens with two attached hydrogens (primary N) is 1. The Morgan fingerprint density at radius 2 is 2.28 bits per heavy atom. The molecule has 2 heterocycles. The Morgan fingerprint density at radius 3 is 2.94 bits per heavy atom. The monoisotopic (exact) mass is 264 g/mol. The maximum atomic E-state index is 5.91. The molecule has 0 aromatic carbocycles. The van der Waals surface area contributed by atoms with Gasteiger partial charge >= 0.3 is 0 Å². The summed E-state index contributed by atoms with van der Waals surface area (Å²) in [5, 5.41) is 8.22. The summed E-state index contributed by atoms with van der Waals surface area (Å²) in [5.74, 6) is 1.06. The number of nitrogens with zero attached hydrogens (tertiary/aromatic N) is 4. The molecule has 0 saturated heterocycles. The van der Waals surface area contributed by atoms with E-state index in [4.69, 9.17) is 5.73 Å². The van der Waals surface area contributed by atoms with Gasteiger partial charge in [-0.05, 0) is 19.1 Å². The lowest BCUT2D eigenvalue weighted by Crippen LogP contribution is -2.19. The minimum Gasteiger partial charge on any atom is -0.383 e. The largest absolute Gasteiger partial charge is 0.383 e. The fourth-order valence-corrected chi connectivity index (χ4v) is 2.68. The number of aromatic nitrogens is 4. The summed E-state index contributed by atoms with van der Waals surface area (Å²) in [6, 6.07) is 0. The molecule has 1 aliphatic carbocycles. The van der Waals surface area contributed by atoms with Crippen LogP contribution in [0, 0.1) is 0 Å². The van der Waals surface area contributed by atoms with Crippen molar-refractivity contribution < 1.29 is 0 Å². The number of thioether (sulfide) groups is 1. The van der Waals surface area contributed by atoms with Crippen LogP contribution >= 0.6 is 11.8 Å². The Labute approximate surface area is 109 Å². The average Bonchev–Trinajstić information content (AvgIpc) is 3.06. The van der Waals surface area contributed by atoms with E-state index in [9.17, 15) is 0 Å². The van der Waals surface area contributed by atoms with Crippen molar-refractivity contribution in [1.82, 2.24) is 19.7 Å². The van der Waals surface area contributed by atoms with Crippen LogP contribution in [0.4, 0.5) is 11.8 Å². The number of rotatable bonds is 4. The molecule has 0 radical (unpaired) electrons. The van der Waals surface area contributed by atoms with E-state index >= 15 is 0 Å². The number of nitrogens with one attached hydrogen (secondary N) is 1. The Morgan fingerprint density at radius 1 is 1.50 bits per heavy atom. The van der Waals surface area contributed by atoms with Crippen molar-refractivity contribution in [2.24, 2.45) is 7.05 Å². The van der Waals surface area contributed by atoms with Gasteiger partial charge in [0.15, 0.2) is 5.65 Å². The van der Waals surface area contributed by atoms with E-state index in [0.717, 1.165) is 17.6 Å². The van der Waals surface area contributed by atoms with Crippen LogP contribution in [-0.4, -0.2) is 37.3 Å². The van der Waals surface area contributed by atoms with Gasteiger partial charge in [-0.2, -0.15) is 26.8 Å². The van der Waals surface area contributed by atoms with E-state index in [0.29, 0.717) is 16.5 Å². The van der Waals surface area contributed by atoms with E-state index in [2.05, 4.69) is 26.6 Å². The second kappa shape index (κ2) is 4.01. The zero-order chi connectivity index (χ0) is 12.8. The van der Waals surface area contributed by atoms with Crippen molar-refractivity contribution in [2.45, 2.75) is 17.6 Å². The summed E-state index contributed by atoms with van der Waals surface area (Å²) in [5.41, 5.74) is 6.67. The Balaban J connectivity index is 1.86. The topological polar surface area (TPSA) is 81.6 Å². The molecule has 1 fully saturated rings. The third kappa shape index (κ3) is 1.88. The summed E-state index contributed by atoms with van der Waals surface area (Å²) >= 11 is 1.90. The predicted octanol–water partition coefficient (Wildman–Crippen LogP) is 1.25.